The molecule has 0 radical (unpaired) electrons. The molecule has 1 aliphatic heterocycles. The first-order valence-corrected chi connectivity index (χ1v) is 6.62. The second-order valence-electron chi connectivity index (χ2n) is 4.49. The van der Waals surface area contributed by atoms with Crippen molar-refractivity contribution in [1.82, 2.24) is 0 Å². The Morgan fingerprint density at radius 2 is 2.33 bits per heavy atom. The van der Waals surface area contributed by atoms with E-state index in [9.17, 15) is 9.59 Å². The SMILES string of the molecule is C#CC1=Nc2cccc(CC=C)c2C(=O)C1C(=O)OCC. The summed E-state index contributed by atoms with van der Waals surface area (Å²) in [6, 6.07) is 5.32. The third-order valence-corrected chi connectivity index (χ3v) is 3.19. The lowest BCUT2D eigenvalue weighted by Gasteiger charge is -2.21. The van der Waals surface area contributed by atoms with E-state index in [0.717, 1.165) is 5.56 Å². The number of ketones is 1. The molecular weight excluding hydrogens is 266 g/mol. The van der Waals surface area contributed by atoms with Gasteiger partial charge in [0.05, 0.1) is 12.3 Å². The van der Waals surface area contributed by atoms with E-state index < -0.39 is 11.9 Å². The van der Waals surface area contributed by atoms with Crippen molar-refractivity contribution in [2.45, 2.75) is 13.3 Å². The highest BCUT2D eigenvalue weighted by Gasteiger charge is 2.38. The number of allylic oxidation sites excluding steroid dienone is 1. The lowest BCUT2D eigenvalue weighted by Crippen LogP contribution is -2.35. The fraction of sp³-hybridized carbons (Fsp3) is 0.235. The van der Waals surface area contributed by atoms with Gasteiger partial charge in [0.25, 0.3) is 0 Å². The average Bonchev–Trinajstić information content (AvgIpc) is 2.47. The van der Waals surface area contributed by atoms with E-state index >= 15 is 0 Å². The standard InChI is InChI=1S/C17H15NO3/c1-4-8-11-9-7-10-13-14(11)16(19)15(12(5-2)18-13)17(20)21-6-3/h2,4,7,9-10,15H,1,6,8H2,3H3. The number of rotatable bonds is 4. The van der Waals surface area contributed by atoms with Gasteiger partial charge in [0, 0.05) is 5.56 Å². The smallest absolute Gasteiger partial charge is 0.323 e. The summed E-state index contributed by atoms with van der Waals surface area (Å²) in [5, 5.41) is 0. The van der Waals surface area contributed by atoms with Gasteiger partial charge in [0.2, 0.25) is 0 Å². The molecule has 0 N–H and O–H groups in total. The Morgan fingerprint density at radius 1 is 1.57 bits per heavy atom. The minimum absolute atomic E-state index is 0.0988. The highest BCUT2D eigenvalue weighted by Crippen LogP contribution is 2.32. The number of hydrogen-bond donors (Lipinski definition) is 0. The third kappa shape index (κ3) is 2.63. The monoisotopic (exact) mass is 281 g/mol. The summed E-state index contributed by atoms with van der Waals surface area (Å²) < 4.78 is 4.94. The predicted octanol–water partition coefficient (Wildman–Crippen LogP) is 2.50. The molecule has 0 fully saturated rings. The summed E-state index contributed by atoms with van der Waals surface area (Å²) in [7, 11) is 0. The number of Topliss-reactive ketones (excluding diaryl/α,β-unsaturated/α-hetero) is 1. The number of benzene rings is 1. The molecule has 1 heterocycles. The fourth-order valence-corrected chi connectivity index (χ4v) is 2.31. The average molecular weight is 281 g/mol. The molecule has 0 spiro atoms. The highest BCUT2D eigenvalue weighted by molar-refractivity contribution is 6.32. The molecule has 1 unspecified atom stereocenters. The quantitative estimate of drug-likeness (QED) is 0.369. The van der Waals surface area contributed by atoms with E-state index in [4.69, 9.17) is 11.2 Å². The molecule has 4 heteroatoms. The molecule has 2 rings (SSSR count). The van der Waals surface area contributed by atoms with Crippen molar-refractivity contribution < 1.29 is 14.3 Å². The van der Waals surface area contributed by atoms with Crippen molar-refractivity contribution in [3.8, 4) is 12.3 Å². The molecule has 0 bridgehead atoms. The first-order valence-electron chi connectivity index (χ1n) is 6.62. The lowest BCUT2D eigenvalue weighted by atomic mass is 9.86. The highest BCUT2D eigenvalue weighted by atomic mass is 16.5. The van der Waals surface area contributed by atoms with Gasteiger partial charge in [-0.15, -0.1) is 13.0 Å². The van der Waals surface area contributed by atoms with Gasteiger partial charge in [-0.2, -0.15) is 0 Å². The van der Waals surface area contributed by atoms with Crippen LogP contribution in [0.1, 0.15) is 22.8 Å². The van der Waals surface area contributed by atoms with E-state index in [2.05, 4.69) is 17.5 Å². The van der Waals surface area contributed by atoms with E-state index in [1.165, 1.54) is 0 Å². The van der Waals surface area contributed by atoms with Crippen LogP contribution in [0.4, 0.5) is 5.69 Å². The minimum atomic E-state index is -1.14. The van der Waals surface area contributed by atoms with Crippen LogP contribution in [0.3, 0.4) is 0 Å². The molecule has 0 amide bonds. The molecule has 1 aromatic carbocycles. The van der Waals surface area contributed by atoms with Crippen molar-refractivity contribution in [3.05, 3.63) is 42.0 Å². The van der Waals surface area contributed by atoms with Crippen LogP contribution in [0.5, 0.6) is 0 Å². The van der Waals surface area contributed by atoms with E-state index in [1.807, 2.05) is 6.07 Å². The van der Waals surface area contributed by atoms with Crippen LogP contribution in [-0.4, -0.2) is 24.1 Å². The number of aliphatic imine (C=N–C) groups is 1. The van der Waals surface area contributed by atoms with Crippen LogP contribution in [0.2, 0.25) is 0 Å². The van der Waals surface area contributed by atoms with Crippen molar-refractivity contribution >= 4 is 23.2 Å². The van der Waals surface area contributed by atoms with Gasteiger partial charge in [-0.05, 0) is 25.0 Å². The number of carbonyl (C=O) groups is 2. The van der Waals surface area contributed by atoms with Gasteiger partial charge in [0.15, 0.2) is 11.7 Å². The molecule has 0 saturated heterocycles. The van der Waals surface area contributed by atoms with Gasteiger partial charge in [-0.3, -0.25) is 9.59 Å². The number of terminal acetylenes is 1. The van der Waals surface area contributed by atoms with Crippen LogP contribution >= 0.6 is 0 Å². The molecule has 0 saturated carbocycles. The molecule has 1 aliphatic rings. The van der Waals surface area contributed by atoms with Crippen molar-refractivity contribution in [1.29, 1.82) is 0 Å². The Kier molecular flexibility index (Phi) is 4.34. The largest absolute Gasteiger partial charge is 0.465 e. The number of nitrogens with zero attached hydrogens (tertiary/aromatic N) is 1. The number of carbonyl (C=O) groups excluding carboxylic acids is 2. The minimum Gasteiger partial charge on any atom is -0.465 e. The molecular formula is C17H15NO3. The maximum absolute atomic E-state index is 12.7. The first-order chi connectivity index (χ1) is 10.1. The molecule has 4 nitrogen and oxygen atoms in total. The number of fused-ring (bicyclic) bond motifs is 1. The normalized spacial score (nSPS) is 16.5. The van der Waals surface area contributed by atoms with Crippen LogP contribution in [-0.2, 0) is 16.0 Å². The zero-order chi connectivity index (χ0) is 15.4. The lowest BCUT2D eigenvalue weighted by molar-refractivity contribution is -0.144. The summed E-state index contributed by atoms with van der Waals surface area (Å²) in [6.45, 7) is 5.53. The Labute approximate surface area is 123 Å². The second kappa shape index (κ2) is 6.19. The summed E-state index contributed by atoms with van der Waals surface area (Å²) in [5.74, 6) is 0.167. The van der Waals surface area contributed by atoms with E-state index in [1.54, 1.807) is 25.1 Å². The van der Waals surface area contributed by atoms with Gasteiger partial charge >= 0.3 is 5.97 Å². The Morgan fingerprint density at radius 3 is 2.95 bits per heavy atom. The first kappa shape index (κ1) is 14.7. The summed E-state index contributed by atoms with van der Waals surface area (Å²) >= 11 is 0. The van der Waals surface area contributed by atoms with Crippen molar-refractivity contribution in [2.75, 3.05) is 6.61 Å². The molecule has 1 atom stereocenters. The maximum atomic E-state index is 12.7. The third-order valence-electron chi connectivity index (χ3n) is 3.19. The fourth-order valence-electron chi connectivity index (χ4n) is 2.31. The molecule has 1 aromatic rings. The van der Waals surface area contributed by atoms with Crippen LogP contribution < -0.4 is 0 Å². The zero-order valence-corrected chi connectivity index (χ0v) is 11.8. The topological polar surface area (TPSA) is 55.7 Å². The predicted molar refractivity (Wildman–Crippen MR) is 80.7 cm³/mol. The van der Waals surface area contributed by atoms with Gasteiger partial charge < -0.3 is 4.74 Å². The molecule has 21 heavy (non-hydrogen) atoms. The van der Waals surface area contributed by atoms with Crippen LogP contribution in [0.25, 0.3) is 0 Å². The summed E-state index contributed by atoms with van der Waals surface area (Å²) in [6.07, 6.45) is 7.60. The number of ether oxygens (including phenoxy) is 1. The molecule has 106 valence electrons. The molecule has 0 aliphatic carbocycles. The van der Waals surface area contributed by atoms with Gasteiger partial charge in [-0.25, -0.2) is 4.99 Å². The van der Waals surface area contributed by atoms with Crippen molar-refractivity contribution in [3.63, 3.8) is 0 Å². The van der Waals surface area contributed by atoms with Crippen molar-refractivity contribution in [2.24, 2.45) is 10.9 Å². The van der Waals surface area contributed by atoms with Crippen LogP contribution in [0.15, 0.2) is 35.8 Å². The Bertz CT molecular complexity index is 680. The van der Waals surface area contributed by atoms with E-state index in [-0.39, 0.29) is 18.1 Å². The Balaban J connectivity index is 2.58. The molecule has 0 aromatic heterocycles. The summed E-state index contributed by atoms with van der Waals surface area (Å²) in [4.78, 5) is 29.0. The van der Waals surface area contributed by atoms with Gasteiger partial charge in [-0.1, -0.05) is 24.1 Å². The van der Waals surface area contributed by atoms with Crippen LogP contribution in [0, 0.1) is 18.3 Å². The Hall–Kier alpha value is -2.67. The number of esters is 1. The number of hydrogen-bond acceptors (Lipinski definition) is 4. The summed E-state index contributed by atoms with van der Waals surface area (Å²) in [5.41, 5.74) is 1.80. The maximum Gasteiger partial charge on any atom is 0.323 e. The second-order valence-corrected chi connectivity index (χ2v) is 4.49. The zero-order valence-electron chi connectivity index (χ0n) is 11.8. The van der Waals surface area contributed by atoms with Gasteiger partial charge in [0.1, 0.15) is 5.71 Å². The van der Waals surface area contributed by atoms with E-state index in [0.29, 0.717) is 17.7 Å².